The van der Waals surface area contributed by atoms with Crippen molar-refractivity contribution in [1.82, 2.24) is 15.4 Å². The second kappa shape index (κ2) is 6.49. The SMILES string of the molecule is CN(C(=O)Cc1noc2ccccc12)C1CC2CCC(C1)N2.Cl. The minimum Gasteiger partial charge on any atom is -0.356 e. The highest BCUT2D eigenvalue weighted by molar-refractivity contribution is 5.86. The maximum atomic E-state index is 12.6. The van der Waals surface area contributed by atoms with Crippen molar-refractivity contribution in [2.24, 2.45) is 0 Å². The number of nitrogens with one attached hydrogen (secondary N) is 1. The molecule has 0 spiro atoms. The molecule has 3 heterocycles. The van der Waals surface area contributed by atoms with Crippen molar-refractivity contribution in [3.05, 3.63) is 30.0 Å². The molecule has 1 aromatic carbocycles. The molecule has 5 nitrogen and oxygen atoms in total. The van der Waals surface area contributed by atoms with Crippen molar-refractivity contribution in [2.75, 3.05) is 7.05 Å². The summed E-state index contributed by atoms with van der Waals surface area (Å²) in [4.78, 5) is 14.5. The fourth-order valence-electron chi connectivity index (χ4n) is 3.88. The fraction of sp³-hybridized carbons (Fsp3) is 0.529. The van der Waals surface area contributed by atoms with Crippen molar-refractivity contribution >= 4 is 29.3 Å². The third-order valence-corrected chi connectivity index (χ3v) is 5.16. The molecule has 2 saturated heterocycles. The molecule has 2 unspecified atom stereocenters. The number of aromatic nitrogens is 1. The minimum atomic E-state index is 0. The molecule has 2 aromatic rings. The summed E-state index contributed by atoms with van der Waals surface area (Å²) in [5, 5.41) is 8.63. The second-order valence-corrected chi connectivity index (χ2v) is 6.57. The monoisotopic (exact) mass is 335 g/mol. The van der Waals surface area contributed by atoms with Gasteiger partial charge in [-0.2, -0.15) is 0 Å². The molecule has 0 radical (unpaired) electrons. The summed E-state index contributed by atoms with van der Waals surface area (Å²) in [6.07, 6.45) is 4.94. The lowest BCUT2D eigenvalue weighted by molar-refractivity contribution is -0.132. The summed E-state index contributed by atoms with van der Waals surface area (Å²) in [6, 6.07) is 9.23. The van der Waals surface area contributed by atoms with Gasteiger partial charge in [0, 0.05) is 30.6 Å². The zero-order chi connectivity index (χ0) is 15.1. The van der Waals surface area contributed by atoms with Crippen LogP contribution in [-0.2, 0) is 11.2 Å². The standard InChI is InChI=1S/C17H21N3O2.ClH/c1-20(13-8-11-6-7-12(9-13)18-11)17(21)10-15-14-4-2-3-5-16(14)22-19-15;/h2-5,11-13,18H,6-10H2,1H3;1H. The number of benzene rings is 1. The molecule has 4 rings (SSSR count). The van der Waals surface area contributed by atoms with Gasteiger partial charge in [0.1, 0.15) is 5.69 Å². The zero-order valence-corrected chi connectivity index (χ0v) is 14.0. The van der Waals surface area contributed by atoms with Crippen LogP contribution < -0.4 is 5.32 Å². The van der Waals surface area contributed by atoms with E-state index in [-0.39, 0.29) is 18.3 Å². The van der Waals surface area contributed by atoms with E-state index in [1.54, 1.807) is 0 Å². The van der Waals surface area contributed by atoms with E-state index in [1.807, 2.05) is 36.2 Å². The molecule has 23 heavy (non-hydrogen) atoms. The predicted molar refractivity (Wildman–Crippen MR) is 90.7 cm³/mol. The molecule has 124 valence electrons. The molecule has 2 aliphatic heterocycles. The van der Waals surface area contributed by atoms with Crippen LogP contribution in [0.3, 0.4) is 0 Å². The number of carbonyl (C=O) groups is 1. The maximum Gasteiger partial charge on any atom is 0.228 e. The van der Waals surface area contributed by atoms with Crippen LogP contribution in [0.25, 0.3) is 11.0 Å². The zero-order valence-electron chi connectivity index (χ0n) is 13.2. The summed E-state index contributed by atoms with van der Waals surface area (Å²) in [7, 11) is 1.93. The van der Waals surface area contributed by atoms with Gasteiger partial charge in [0.15, 0.2) is 5.58 Å². The number of rotatable bonds is 3. The van der Waals surface area contributed by atoms with Gasteiger partial charge in [-0.1, -0.05) is 17.3 Å². The number of fused-ring (bicyclic) bond motifs is 3. The van der Waals surface area contributed by atoms with Crippen LogP contribution in [0.2, 0.25) is 0 Å². The highest BCUT2D eigenvalue weighted by atomic mass is 35.5. The maximum absolute atomic E-state index is 12.6. The van der Waals surface area contributed by atoms with Crippen LogP contribution in [-0.4, -0.2) is 41.1 Å². The average Bonchev–Trinajstić information content (AvgIpc) is 3.10. The van der Waals surface area contributed by atoms with Crippen LogP contribution >= 0.6 is 12.4 Å². The number of para-hydroxylation sites is 1. The summed E-state index contributed by atoms with van der Waals surface area (Å²) < 4.78 is 5.29. The van der Waals surface area contributed by atoms with E-state index in [0.717, 1.165) is 29.5 Å². The van der Waals surface area contributed by atoms with E-state index in [9.17, 15) is 4.79 Å². The topological polar surface area (TPSA) is 58.4 Å². The molecule has 1 amide bonds. The van der Waals surface area contributed by atoms with Gasteiger partial charge in [0.2, 0.25) is 5.91 Å². The van der Waals surface area contributed by atoms with Gasteiger partial charge in [-0.05, 0) is 37.8 Å². The quantitative estimate of drug-likeness (QED) is 0.936. The highest BCUT2D eigenvalue weighted by Crippen LogP contribution is 2.29. The molecule has 0 aliphatic carbocycles. The Kier molecular flexibility index (Phi) is 4.60. The molecular formula is C17H22ClN3O2. The van der Waals surface area contributed by atoms with Crippen molar-refractivity contribution < 1.29 is 9.32 Å². The normalized spacial score (nSPS) is 26.0. The Morgan fingerprint density at radius 3 is 2.74 bits per heavy atom. The van der Waals surface area contributed by atoms with Crippen molar-refractivity contribution in [2.45, 2.75) is 50.2 Å². The summed E-state index contributed by atoms with van der Waals surface area (Å²) in [6.45, 7) is 0. The van der Waals surface area contributed by atoms with Crippen LogP contribution in [0, 0.1) is 0 Å². The Hall–Kier alpha value is -1.59. The summed E-state index contributed by atoms with van der Waals surface area (Å²) >= 11 is 0. The number of carbonyl (C=O) groups excluding carboxylic acids is 1. The van der Waals surface area contributed by atoms with E-state index < -0.39 is 0 Å². The smallest absolute Gasteiger partial charge is 0.228 e. The lowest BCUT2D eigenvalue weighted by atomic mass is 9.98. The number of amides is 1. The number of hydrogen-bond donors (Lipinski definition) is 1. The van der Waals surface area contributed by atoms with Gasteiger partial charge in [-0.3, -0.25) is 4.79 Å². The fourth-order valence-corrected chi connectivity index (χ4v) is 3.88. The first kappa shape index (κ1) is 16.3. The van der Waals surface area contributed by atoms with Crippen LogP contribution in [0.5, 0.6) is 0 Å². The third kappa shape index (κ3) is 3.08. The van der Waals surface area contributed by atoms with Crippen LogP contribution in [0.15, 0.2) is 28.8 Å². The van der Waals surface area contributed by atoms with E-state index in [4.69, 9.17) is 4.52 Å². The summed E-state index contributed by atoms with van der Waals surface area (Å²) in [5.41, 5.74) is 1.48. The predicted octanol–water partition coefficient (Wildman–Crippen LogP) is 2.53. The largest absolute Gasteiger partial charge is 0.356 e. The van der Waals surface area contributed by atoms with Crippen molar-refractivity contribution in [3.63, 3.8) is 0 Å². The Bertz CT molecular complexity index is 690. The lowest BCUT2D eigenvalue weighted by Gasteiger charge is -2.35. The first-order valence-electron chi connectivity index (χ1n) is 8.05. The molecule has 2 bridgehead atoms. The number of likely N-dealkylation sites (N-methyl/N-ethyl adjacent to an activating group) is 1. The Labute approximate surface area is 141 Å². The molecule has 2 atom stereocenters. The Morgan fingerprint density at radius 1 is 1.30 bits per heavy atom. The molecule has 2 fully saturated rings. The number of piperidine rings is 1. The van der Waals surface area contributed by atoms with Gasteiger partial charge < -0.3 is 14.7 Å². The van der Waals surface area contributed by atoms with E-state index in [2.05, 4.69) is 10.5 Å². The van der Waals surface area contributed by atoms with Crippen LogP contribution in [0.1, 0.15) is 31.4 Å². The Morgan fingerprint density at radius 2 is 2.00 bits per heavy atom. The molecule has 6 heteroatoms. The van der Waals surface area contributed by atoms with Gasteiger partial charge >= 0.3 is 0 Å². The highest BCUT2D eigenvalue weighted by Gasteiger charge is 2.36. The first-order chi connectivity index (χ1) is 10.7. The second-order valence-electron chi connectivity index (χ2n) is 6.57. The summed E-state index contributed by atoms with van der Waals surface area (Å²) in [5.74, 6) is 0.130. The van der Waals surface area contributed by atoms with Crippen LogP contribution in [0.4, 0.5) is 0 Å². The molecule has 2 aliphatic rings. The average molecular weight is 336 g/mol. The number of halogens is 1. The van der Waals surface area contributed by atoms with E-state index in [0.29, 0.717) is 24.5 Å². The van der Waals surface area contributed by atoms with Crippen molar-refractivity contribution in [1.29, 1.82) is 0 Å². The minimum absolute atomic E-state index is 0. The number of nitrogens with zero attached hydrogens (tertiary/aromatic N) is 2. The van der Waals surface area contributed by atoms with E-state index >= 15 is 0 Å². The van der Waals surface area contributed by atoms with Gasteiger partial charge in [-0.25, -0.2) is 0 Å². The van der Waals surface area contributed by atoms with E-state index in [1.165, 1.54) is 12.8 Å². The molecule has 0 saturated carbocycles. The third-order valence-electron chi connectivity index (χ3n) is 5.16. The molecule has 1 aromatic heterocycles. The lowest BCUT2D eigenvalue weighted by Crippen LogP contribution is -2.49. The molecule has 1 N–H and O–H groups in total. The van der Waals surface area contributed by atoms with Gasteiger partial charge in [0.25, 0.3) is 0 Å². The Balaban J connectivity index is 0.00000156. The first-order valence-corrected chi connectivity index (χ1v) is 8.05. The molecular weight excluding hydrogens is 314 g/mol. The van der Waals surface area contributed by atoms with Crippen molar-refractivity contribution in [3.8, 4) is 0 Å². The van der Waals surface area contributed by atoms with Gasteiger partial charge in [0.05, 0.1) is 6.42 Å². The number of hydrogen-bond acceptors (Lipinski definition) is 4. The van der Waals surface area contributed by atoms with Gasteiger partial charge in [-0.15, -0.1) is 12.4 Å².